The Morgan fingerprint density at radius 3 is 2.77 bits per heavy atom. The zero-order valence-electron chi connectivity index (χ0n) is 12.7. The molecule has 1 N–H and O–H groups in total. The third-order valence-corrected chi connectivity index (χ3v) is 5.29. The van der Waals surface area contributed by atoms with Crippen molar-refractivity contribution in [2.24, 2.45) is 0 Å². The molecule has 0 unspecified atom stereocenters. The quantitative estimate of drug-likeness (QED) is 0.777. The van der Waals surface area contributed by atoms with E-state index in [4.69, 9.17) is 0 Å². The minimum atomic E-state index is -0.0973. The third kappa shape index (κ3) is 2.98. The summed E-state index contributed by atoms with van der Waals surface area (Å²) < 4.78 is 2.17. The van der Waals surface area contributed by atoms with Crippen LogP contribution in [0.4, 0.5) is 5.13 Å². The van der Waals surface area contributed by atoms with E-state index >= 15 is 0 Å². The van der Waals surface area contributed by atoms with Crippen LogP contribution in [0.2, 0.25) is 0 Å². The van der Waals surface area contributed by atoms with Crippen molar-refractivity contribution in [2.45, 2.75) is 27.3 Å². The van der Waals surface area contributed by atoms with Crippen LogP contribution in [0, 0.1) is 20.8 Å². The molecule has 22 heavy (non-hydrogen) atoms. The van der Waals surface area contributed by atoms with Crippen molar-refractivity contribution in [1.29, 1.82) is 0 Å². The number of rotatable bonds is 4. The van der Waals surface area contributed by atoms with Crippen LogP contribution in [0.25, 0.3) is 0 Å². The monoisotopic (exact) mass is 331 g/mol. The lowest BCUT2D eigenvalue weighted by atomic mass is 10.2. The van der Waals surface area contributed by atoms with Gasteiger partial charge in [0.1, 0.15) is 0 Å². The summed E-state index contributed by atoms with van der Waals surface area (Å²) in [6.45, 7) is 6.74. The minimum absolute atomic E-state index is 0.0973. The van der Waals surface area contributed by atoms with Crippen LogP contribution >= 0.6 is 22.7 Å². The van der Waals surface area contributed by atoms with Gasteiger partial charge in [-0.25, -0.2) is 4.98 Å². The average Bonchev–Trinajstić information content (AvgIpc) is 3.17. The Kier molecular flexibility index (Phi) is 4.13. The normalized spacial score (nSPS) is 10.9. The topological polar surface area (TPSA) is 46.9 Å². The van der Waals surface area contributed by atoms with E-state index in [1.165, 1.54) is 16.2 Å². The molecule has 0 aliphatic heterocycles. The molecule has 1 amide bonds. The summed E-state index contributed by atoms with van der Waals surface area (Å²) >= 11 is 3.17. The molecule has 0 aromatic carbocycles. The molecule has 0 aliphatic carbocycles. The SMILES string of the molecule is Cc1csc(NC(=O)c2cc(C)n(Cc3cccs3)c2C)n1. The molecule has 0 atom stereocenters. The summed E-state index contributed by atoms with van der Waals surface area (Å²) in [6.07, 6.45) is 0. The van der Waals surface area contributed by atoms with Gasteiger partial charge in [0.05, 0.1) is 17.8 Å². The molecule has 0 bridgehead atoms. The molecule has 0 spiro atoms. The lowest BCUT2D eigenvalue weighted by Crippen LogP contribution is -2.13. The second-order valence-electron chi connectivity index (χ2n) is 5.20. The number of aromatic nitrogens is 2. The van der Waals surface area contributed by atoms with Gasteiger partial charge in [0, 0.05) is 21.6 Å². The molecule has 0 radical (unpaired) electrons. The number of amides is 1. The Morgan fingerprint density at radius 2 is 2.14 bits per heavy atom. The van der Waals surface area contributed by atoms with Crippen molar-refractivity contribution >= 4 is 33.7 Å². The van der Waals surface area contributed by atoms with Crippen molar-refractivity contribution in [3.63, 3.8) is 0 Å². The molecule has 4 nitrogen and oxygen atoms in total. The molecule has 0 saturated heterocycles. The molecule has 0 aliphatic rings. The molecule has 6 heteroatoms. The summed E-state index contributed by atoms with van der Waals surface area (Å²) in [5.74, 6) is -0.0973. The van der Waals surface area contributed by atoms with E-state index in [0.717, 1.165) is 23.6 Å². The van der Waals surface area contributed by atoms with Crippen LogP contribution in [0.3, 0.4) is 0 Å². The Morgan fingerprint density at radius 1 is 1.32 bits per heavy atom. The number of hydrogen-bond donors (Lipinski definition) is 1. The van der Waals surface area contributed by atoms with Crippen LogP contribution in [0.5, 0.6) is 0 Å². The fourth-order valence-corrected chi connectivity index (χ4v) is 3.78. The molecule has 3 heterocycles. The number of nitrogens with zero attached hydrogens (tertiary/aromatic N) is 2. The second-order valence-corrected chi connectivity index (χ2v) is 7.09. The van der Waals surface area contributed by atoms with Crippen molar-refractivity contribution in [3.05, 3.63) is 56.5 Å². The van der Waals surface area contributed by atoms with Crippen LogP contribution < -0.4 is 5.32 Å². The number of carbonyl (C=O) groups is 1. The molecule has 3 aromatic heterocycles. The smallest absolute Gasteiger partial charge is 0.259 e. The zero-order chi connectivity index (χ0) is 15.7. The number of hydrogen-bond acceptors (Lipinski definition) is 4. The number of carbonyl (C=O) groups excluding carboxylic acids is 1. The fraction of sp³-hybridized carbons (Fsp3) is 0.250. The highest BCUT2D eigenvalue weighted by Crippen LogP contribution is 2.21. The van der Waals surface area contributed by atoms with Gasteiger partial charge in [-0.05, 0) is 38.3 Å². The molecular formula is C16H17N3OS2. The zero-order valence-corrected chi connectivity index (χ0v) is 14.3. The maximum absolute atomic E-state index is 12.5. The van der Waals surface area contributed by atoms with E-state index < -0.39 is 0 Å². The Bertz CT molecular complexity index is 800. The first-order chi connectivity index (χ1) is 10.5. The first-order valence-corrected chi connectivity index (χ1v) is 8.73. The highest BCUT2D eigenvalue weighted by Gasteiger charge is 2.17. The number of anilines is 1. The van der Waals surface area contributed by atoms with E-state index in [9.17, 15) is 4.79 Å². The summed E-state index contributed by atoms with van der Waals surface area (Å²) in [7, 11) is 0. The van der Waals surface area contributed by atoms with Crippen LogP contribution in [0.15, 0.2) is 29.0 Å². The van der Waals surface area contributed by atoms with Crippen LogP contribution in [-0.4, -0.2) is 15.5 Å². The maximum Gasteiger partial charge on any atom is 0.259 e. The molecule has 0 fully saturated rings. The Balaban J connectivity index is 1.83. The van der Waals surface area contributed by atoms with Gasteiger partial charge in [-0.15, -0.1) is 22.7 Å². The third-order valence-electron chi connectivity index (χ3n) is 3.55. The standard InChI is InChI=1S/C16H17N3OS2/c1-10-9-22-16(17-10)18-15(20)14-7-11(2)19(12(14)3)8-13-5-4-6-21-13/h4-7,9H,8H2,1-3H3,(H,17,18,20). The predicted molar refractivity (Wildman–Crippen MR) is 92.1 cm³/mol. The number of aryl methyl sites for hydroxylation is 2. The fourth-order valence-electron chi connectivity index (χ4n) is 2.41. The van der Waals surface area contributed by atoms with Crippen molar-refractivity contribution in [3.8, 4) is 0 Å². The van der Waals surface area contributed by atoms with Gasteiger partial charge in [-0.3, -0.25) is 10.1 Å². The molecule has 3 rings (SSSR count). The predicted octanol–water partition coefficient (Wildman–Crippen LogP) is 4.23. The van der Waals surface area contributed by atoms with E-state index in [0.29, 0.717) is 10.7 Å². The number of thiophene rings is 1. The van der Waals surface area contributed by atoms with Crippen LogP contribution in [0.1, 0.15) is 32.3 Å². The van der Waals surface area contributed by atoms with Gasteiger partial charge < -0.3 is 4.57 Å². The molecular weight excluding hydrogens is 314 g/mol. The second kappa shape index (κ2) is 6.06. The van der Waals surface area contributed by atoms with Crippen molar-refractivity contribution in [2.75, 3.05) is 5.32 Å². The van der Waals surface area contributed by atoms with Crippen molar-refractivity contribution < 1.29 is 4.79 Å². The Labute approximate surface area is 137 Å². The minimum Gasteiger partial charge on any atom is -0.343 e. The number of thiazole rings is 1. The Hall–Kier alpha value is -1.92. The van der Waals surface area contributed by atoms with Gasteiger partial charge in [-0.1, -0.05) is 6.07 Å². The summed E-state index contributed by atoms with van der Waals surface area (Å²) in [4.78, 5) is 18.0. The highest BCUT2D eigenvalue weighted by atomic mass is 32.1. The summed E-state index contributed by atoms with van der Waals surface area (Å²) in [6, 6.07) is 6.10. The van der Waals surface area contributed by atoms with E-state index in [2.05, 4.69) is 26.3 Å². The van der Waals surface area contributed by atoms with Crippen LogP contribution in [-0.2, 0) is 6.54 Å². The first kappa shape index (κ1) is 15.0. The first-order valence-electron chi connectivity index (χ1n) is 6.97. The van der Waals surface area contributed by atoms with Gasteiger partial charge in [0.15, 0.2) is 5.13 Å². The van der Waals surface area contributed by atoms with E-state index in [1.807, 2.05) is 38.3 Å². The van der Waals surface area contributed by atoms with E-state index in [-0.39, 0.29) is 5.91 Å². The van der Waals surface area contributed by atoms with Gasteiger partial charge in [0.25, 0.3) is 5.91 Å². The molecule has 3 aromatic rings. The van der Waals surface area contributed by atoms with Gasteiger partial charge in [-0.2, -0.15) is 0 Å². The van der Waals surface area contributed by atoms with E-state index in [1.54, 1.807) is 11.3 Å². The maximum atomic E-state index is 12.5. The largest absolute Gasteiger partial charge is 0.343 e. The van der Waals surface area contributed by atoms with Gasteiger partial charge in [0.2, 0.25) is 0 Å². The van der Waals surface area contributed by atoms with Crippen molar-refractivity contribution in [1.82, 2.24) is 9.55 Å². The lowest BCUT2D eigenvalue weighted by molar-refractivity contribution is 0.102. The molecule has 0 saturated carbocycles. The average molecular weight is 331 g/mol. The number of nitrogens with one attached hydrogen (secondary N) is 1. The molecule has 114 valence electrons. The summed E-state index contributed by atoms with van der Waals surface area (Å²) in [5.41, 5.74) is 3.70. The lowest BCUT2D eigenvalue weighted by Gasteiger charge is -2.08. The van der Waals surface area contributed by atoms with Gasteiger partial charge >= 0.3 is 0 Å². The highest BCUT2D eigenvalue weighted by molar-refractivity contribution is 7.14. The summed E-state index contributed by atoms with van der Waals surface area (Å²) in [5, 5.41) is 7.52.